The van der Waals surface area contributed by atoms with Crippen LogP contribution in [0.25, 0.3) is 16.9 Å². The van der Waals surface area contributed by atoms with Crippen molar-refractivity contribution in [2.75, 3.05) is 31.2 Å². The molecule has 8 heteroatoms. The summed E-state index contributed by atoms with van der Waals surface area (Å²) < 4.78 is 9.32. The number of imidazole rings is 1. The number of rotatable bonds is 4. The van der Waals surface area contributed by atoms with E-state index in [9.17, 15) is 0 Å². The van der Waals surface area contributed by atoms with E-state index in [2.05, 4.69) is 20.1 Å². The number of hydrogen-bond donors (Lipinski definition) is 0. The van der Waals surface area contributed by atoms with Gasteiger partial charge in [-0.2, -0.15) is 10.2 Å². The summed E-state index contributed by atoms with van der Waals surface area (Å²) in [6.45, 7) is 5.90. The summed E-state index contributed by atoms with van der Waals surface area (Å²) in [4.78, 5) is 11.3. The lowest BCUT2D eigenvalue weighted by atomic mass is 10.2. The number of morpholine rings is 1. The third kappa shape index (κ3) is 3.01. The first kappa shape index (κ1) is 16.9. The number of nitrogens with zero attached hydrogens (tertiary/aromatic N) is 7. The predicted octanol–water partition coefficient (Wildman–Crippen LogP) is 2.18. The van der Waals surface area contributed by atoms with Gasteiger partial charge in [0.05, 0.1) is 49.2 Å². The Bertz CT molecular complexity index is 1100. The lowest BCUT2D eigenvalue weighted by Gasteiger charge is -2.28. The Labute approximate surface area is 162 Å². The number of pyridine rings is 1. The van der Waals surface area contributed by atoms with Gasteiger partial charge >= 0.3 is 0 Å². The summed E-state index contributed by atoms with van der Waals surface area (Å²) in [5, 5.41) is 9.10. The lowest BCUT2D eigenvalue weighted by Crippen LogP contribution is -2.36. The second kappa shape index (κ2) is 7.05. The molecule has 0 N–H and O–H groups in total. The molecule has 1 fully saturated rings. The van der Waals surface area contributed by atoms with Gasteiger partial charge in [0.1, 0.15) is 0 Å². The normalized spacial score (nSPS) is 14.7. The molecule has 0 bridgehead atoms. The van der Waals surface area contributed by atoms with Crippen LogP contribution in [0.5, 0.6) is 0 Å². The van der Waals surface area contributed by atoms with Crippen molar-refractivity contribution in [3.05, 3.63) is 60.4 Å². The molecule has 0 aliphatic carbocycles. The lowest BCUT2D eigenvalue weighted by molar-refractivity contribution is 0.123. The van der Waals surface area contributed by atoms with Gasteiger partial charge in [-0.15, -0.1) is 0 Å². The molecule has 0 radical (unpaired) electrons. The van der Waals surface area contributed by atoms with E-state index in [1.54, 1.807) is 6.20 Å². The Morgan fingerprint density at radius 2 is 1.96 bits per heavy atom. The summed E-state index contributed by atoms with van der Waals surface area (Å²) in [5.41, 5.74) is 5.99. The maximum absolute atomic E-state index is 5.48. The van der Waals surface area contributed by atoms with Crippen LogP contribution in [0.15, 0.2) is 49.2 Å². The van der Waals surface area contributed by atoms with Crippen molar-refractivity contribution in [1.82, 2.24) is 29.4 Å². The highest BCUT2D eigenvalue weighted by Gasteiger charge is 2.20. The number of ether oxygens (including phenoxy) is 1. The van der Waals surface area contributed by atoms with Crippen molar-refractivity contribution in [2.45, 2.75) is 13.5 Å². The summed E-state index contributed by atoms with van der Waals surface area (Å²) in [5.74, 6) is 0. The summed E-state index contributed by atoms with van der Waals surface area (Å²) in [6, 6.07) is 6.01. The third-order valence-corrected chi connectivity index (χ3v) is 5.00. The van der Waals surface area contributed by atoms with Gasteiger partial charge in [0.25, 0.3) is 0 Å². The first-order valence-corrected chi connectivity index (χ1v) is 9.38. The van der Waals surface area contributed by atoms with Crippen LogP contribution in [-0.4, -0.2) is 55.7 Å². The molecule has 1 saturated heterocycles. The van der Waals surface area contributed by atoms with Crippen LogP contribution in [-0.2, 0) is 11.3 Å². The Morgan fingerprint density at radius 3 is 2.79 bits per heavy atom. The van der Waals surface area contributed by atoms with Gasteiger partial charge in [-0.1, -0.05) is 6.07 Å². The molecule has 142 valence electrons. The van der Waals surface area contributed by atoms with E-state index in [-0.39, 0.29) is 0 Å². The largest absolute Gasteiger partial charge is 0.378 e. The Balaban J connectivity index is 1.52. The number of fused-ring (bicyclic) bond motifs is 1. The van der Waals surface area contributed by atoms with E-state index < -0.39 is 0 Å². The molecule has 4 aromatic heterocycles. The summed E-state index contributed by atoms with van der Waals surface area (Å²) >= 11 is 0. The summed E-state index contributed by atoms with van der Waals surface area (Å²) in [7, 11) is 0. The summed E-state index contributed by atoms with van der Waals surface area (Å²) in [6.07, 6.45) is 9.37. The van der Waals surface area contributed by atoms with Crippen LogP contribution in [0, 0.1) is 6.92 Å². The van der Waals surface area contributed by atoms with Gasteiger partial charge in [-0.05, 0) is 24.6 Å². The van der Waals surface area contributed by atoms with Crippen LogP contribution >= 0.6 is 0 Å². The molecule has 8 nitrogen and oxygen atoms in total. The van der Waals surface area contributed by atoms with Gasteiger partial charge in [0.15, 0.2) is 5.65 Å². The van der Waals surface area contributed by atoms with Crippen LogP contribution in [0.2, 0.25) is 0 Å². The van der Waals surface area contributed by atoms with Gasteiger partial charge < -0.3 is 9.64 Å². The van der Waals surface area contributed by atoms with Crippen LogP contribution in [0.1, 0.15) is 11.3 Å². The van der Waals surface area contributed by atoms with E-state index in [1.165, 1.54) is 0 Å². The average Bonchev–Trinajstić information content (AvgIpc) is 3.32. The van der Waals surface area contributed by atoms with Gasteiger partial charge in [-0.3, -0.25) is 9.67 Å². The van der Waals surface area contributed by atoms with Crippen molar-refractivity contribution in [1.29, 1.82) is 0 Å². The molecule has 1 aliphatic rings. The van der Waals surface area contributed by atoms with Crippen LogP contribution < -0.4 is 4.90 Å². The fourth-order valence-corrected chi connectivity index (χ4v) is 3.67. The van der Waals surface area contributed by atoms with E-state index in [1.807, 2.05) is 59.1 Å². The molecule has 0 atom stereocenters. The molecule has 0 amide bonds. The topological polar surface area (TPSA) is 73.4 Å². The minimum absolute atomic E-state index is 0.677. The smallest absolute Gasteiger partial charge is 0.178 e. The predicted molar refractivity (Wildman–Crippen MR) is 105 cm³/mol. The zero-order valence-electron chi connectivity index (χ0n) is 15.7. The highest BCUT2D eigenvalue weighted by atomic mass is 16.5. The minimum atomic E-state index is 0.677. The van der Waals surface area contributed by atoms with Crippen molar-refractivity contribution >= 4 is 11.3 Å². The third-order valence-electron chi connectivity index (χ3n) is 5.00. The molecule has 4 aromatic rings. The highest BCUT2D eigenvalue weighted by Crippen LogP contribution is 2.28. The van der Waals surface area contributed by atoms with E-state index >= 15 is 0 Å². The fourth-order valence-electron chi connectivity index (χ4n) is 3.67. The van der Waals surface area contributed by atoms with Crippen molar-refractivity contribution < 1.29 is 4.74 Å². The van der Waals surface area contributed by atoms with Crippen molar-refractivity contribution in [3.8, 4) is 11.3 Å². The monoisotopic (exact) mass is 375 g/mol. The van der Waals surface area contributed by atoms with Crippen molar-refractivity contribution in [3.63, 3.8) is 0 Å². The second-order valence-electron chi connectivity index (χ2n) is 6.88. The molecule has 0 spiro atoms. The highest BCUT2D eigenvalue weighted by molar-refractivity contribution is 5.74. The Hall–Kier alpha value is -3.26. The Morgan fingerprint density at radius 1 is 1.07 bits per heavy atom. The molecular formula is C20H21N7O. The molecule has 1 aliphatic heterocycles. The maximum Gasteiger partial charge on any atom is 0.178 e. The number of anilines is 1. The van der Waals surface area contributed by atoms with Gasteiger partial charge in [0.2, 0.25) is 0 Å². The molecule has 0 saturated carbocycles. The zero-order chi connectivity index (χ0) is 18.9. The van der Waals surface area contributed by atoms with E-state index in [4.69, 9.17) is 9.72 Å². The van der Waals surface area contributed by atoms with E-state index in [0.717, 1.165) is 60.2 Å². The Kier molecular flexibility index (Phi) is 4.25. The van der Waals surface area contributed by atoms with Gasteiger partial charge in [0, 0.05) is 37.2 Å². The first-order chi connectivity index (χ1) is 13.8. The maximum atomic E-state index is 5.48. The van der Waals surface area contributed by atoms with E-state index in [0.29, 0.717) is 6.54 Å². The SMILES string of the molecule is Cc1nc2c(N3CCOCC3)ccnn2c1-c1cnn(Cc2cccnc2)c1. The van der Waals surface area contributed by atoms with Crippen LogP contribution in [0.3, 0.4) is 0 Å². The van der Waals surface area contributed by atoms with Crippen molar-refractivity contribution in [2.24, 2.45) is 0 Å². The molecule has 0 aromatic carbocycles. The average molecular weight is 375 g/mol. The quantitative estimate of drug-likeness (QED) is 0.544. The molecule has 28 heavy (non-hydrogen) atoms. The molecule has 5 rings (SSSR count). The zero-order valence-corrected chi connectivity index (χ0v) is 15.7. The minimum Gasteiger partial charge on any atom is -0.378 e. The van der Waals surface area contributed by atoms with Crippen LogP contribution in [0.4, 0.5) is 5.69 Å². The molecule has 5 heterocycles. The van der Waals surface area contributed by atoms with Gasteiger partial charge in [-0.25, -0.2) is 9.50 Å². The standard InChI is InChI=1S/C20H21N7O/c1-15-19(17-12-23-26(14-17)13-16-3-2-5-21-11-16)27-20(24-15)18(4-6-22-27)25-7-9-28-10-8-25/h2-6,11-12,14H,7-10,13H2,1H3. The second-order valence-corrected chi connectivity index (χ2v) is 6.88. The number of hydrogen-bond acceptors (Lipinski definition) is 6. The number of aromatic nitrogens is 6. The molecule has 0 unspecified atom stereocenters. The fraction of sp³-hybridized carbons (Fsp3) is 0.300. The molecular weight excluding hydrogens is 354 g/mol. The number of aryl methyl sites for hydroxylation is 1. The first-order valence-electron chi connectivity index (χ1n) is 9.38.